The van der Waals surface area contributed by atoms with Crippen molar-refractivity contribution in [3.63, 3.8) is 0 Å². The Morgan fingerprint density at radius 2 is 1.72 bits per heavy atom. The fourth-order valence-electron chi connectivity index (χ4n) is 3.14. The molecule has 1 amide bonds. The van der Waals surface area contributed by atoms with E-state index >= 15 is 0 Å². The van der Waals surface area contributed by atoms with E-state index in [1.807, 2.05) is 56.3 Å². The number of para-hydroxylation sites is 1. The van der Waals surface area contributed by atoms with Crippen LogP contribution in [0.25, 0.3) is 0 Å². The Bertz CT molecular complexity index is 773. The molecule has 0 radical (unpaired) electrons. The van der Waals surface area contributed by atoms with E-state index in [9.17, 15) is 9.35 Å². The quantitative estimate of drug-likeness (QED) is 0.855. The summed E-state index contributed by atoms with van der Waals surface area (Å²) in [4.78, 5) is 16.2. The first-order valence-corrected chi connectivity index (χ1v) is 9.43. The Morgan fingerprint density at radius 3 is 2.36 bits per heavy atom. The number of amides is 1. The molecule has 1 unspecified atom stereocenters. The van der Waals surface area contributed by atoms with Crippen LogP contribution in [0.15, 0.2) is 52.3 Å². The van der Waals surface area contributed by atoms with Crippen LogP contribution in [-0.4, -0.2) is 46.8 Å². The van der Waals surface area contributed by atoms with E-state index in [1.165, 1.54) is 4.90 Å². The molecule has 1 aliphatic rings. The Morgan fingerprint density at radius 1 is 1.04 bits per heavy atom. The molecule has 132 valence electrons. The predicted molar refractivity (Wildman–Crippen MR) is 98.8 cm³/mol. The Labute approximate surface area is 151 Å². The average Bonchev–Trinajstić information content (AvgIpc) is 2.61. The van der Waals surface area contributed by atoms with Crippen molar-refractivity contribution in [3.8, 4) is 0 Å². The molecule has 2 aromatic carbocycles. The van der Waals surface area contributed by atoms with Crippen molar-refractivity contribution in [2.45, 2.75) is 23.6 Å². The van der Waals surface area contributed by atoms with E-state index < -0.39 is 17.3 Å². The average molecular weight is 358 g/mol. The van der Waals surface area contributed by atoms with Gasteiger partial charge in [-0.1, -0.05) is 29.8 Å². The zero-order valence-electron chi connectivity index (χ0n) is 14.4. The molecule has 3 rings (SSSR count). The van der Waals surface area contributed by atoms with Crippen molar-refractivity contribution < 1.29 is 14.5 Å². The molecule has 5 nitrogen and oxygen atoms in total. The molecule has 2 aromatic rings. The van der Waals surface area contributed by atoms with Crippen LogP contribution in [0.5, 0.6) is 0 Å². The minimum absolute atomic E-state index is 0.458. The largest absolute Gasteiger partial charge is 0.606 e. The third-order valence-corrected chi connectivity index (χ3v) is 6.09. The molecule has 1 aliphatic heterocycles. The lowest BCUT2D eigenvalue weighted by molar-refractivity contribution is 0.142. The normalized spacial score (nSPS) is 16.0. The lowest BCUT2D eigenvalue weighted by atomic mass is 10.2. The van der Waals surface area contributed by atoms with Crippen LogP contribution in [-0.2, 0) is 11.2 Å². The highest BCUT2D eigenvalue weighted by atomic mass is 32.2. The number of nitrogens with zero attached hydrogens (tertiary/aromatic N) is 2. The lowest BCUT2D eigenvalue weighted by Crippen LogP contribution is -2.48. The second-order valence-electron chi connectivity index (χ2n) is 6.26. The van der Waals surface area contributed by atoms with Crippen molar-refractivity contribution in [1.82, 2.24) is 4.90 Å². The molecule has 25 heavy (non-hydrogen) atoms. The topological polar surface area (TPSA) is 66.8 Å². The monoisotopic (exact) mass is 358 g/mol. The first-order valence-electron chi connectivity index (χ1n) is 8.28. The molecule has 0 aliphatic carbocycles. The van der Waals surface area contributed by atoms with Crippen molar-refractivity contribution in [2.75, 3.05) is 31.1 Å². The highest BCUT2D eigenvalue weighted by molar-refractivity contribution is 7.91. The zero-order valence-corrected chi connectivity index (χ0v) is 15.3. The predicted octanol–water partition coefficient (Wildman–Crippen LogP) is 3.27. The van der Waals surface area contributed by atoms with Crippen LogP contribution < -0.4 is 4.90 Å². The van der Waals surface area contributed by atoms with Gasteiger partial charge in [0.15, 0.2) is 9.79 Å². The molecule has 1 heterocycles. The number of carbonyl (C=O) groups is 1. The van der Waals surface area contributed by atoms with E-state index in [-0.39, 0.29) is 0 Å². The number of benzene rings is 2. The second-order valence-corrected chi connectivity index (χ2v) is 7.68. The number of piperazine rings is 1. The number of rotatable bonds is 3. The summed E-state index contributed by atoms with van der Waals surface area (Å²) in [5.74, 6) is 0. The first kappa shape index (κ1) is 17.6. The van der Waals surface area contributed by atoms with E-state index in [4.69, 9.17) is 5.11 Å². The highest BCUT2D eigenvalue weighted by Gasteiger charge is 2.27. The standard InChI is InChI=1S/C19H22N2O3S/c1-14-7-8-17(15(2)13-14)25(24)18-6-4-3-5-16(18)20-9-11-21(12-10-20)19(22)23/h3-8,13H,9-12H2,1-2H3,(H,22,23). The van der Waals surface area contributed by atoms with Crippen LogP contribution in [0, 0.1) is 13.8 Å². The van der Waals surface area contributed by atoms with Gasteiger partial charge in [0.1, 0.15) is 0 Å². The van der Waals surface area contributed by atoms with Crippen molar-refractivity contribution >= 4 is 23.0 Å². The summed E-state index contributed by atoms with van der Waals surface area (Å²) in [5, 5.41) is 9.10. The maximum absolute atomic E-state index is 13.2. The Balaban J connectivity index is 1.87. The smallest absolute Gasteiger partial charge is 0.407 e. The first-order chi connectivity index (χ1) is 12.0. The van der Waals surface area contributed by atoms with Gasteiger partial charge in [0.05, 0.1) is 5.69 Å². The van der Waals surface area contributed by atoms with Crippen LogP contribution >= 0.6 is 0 Å². The second kappa shape index (κ2) is 7.37. The van der Waals surface area contributed by atoms with Gasteiger partial charge >= 0.3 is 6.09 Å². The number of hydrogen-bond donors (Lipinski definition) is 1. The van der Waals surface area contributed by atoms with E-state index in [2.05, 4.69) is 4.90 Å². The molecular weight excluding hydrogens is 336 g/mol. The molecule has 1 atom stereocenters. The fraction of sp³-hybridized carbons (Fsp3) is 0.316. The van der Waals surface area contributed by atoms with E-state index in [0.717, 1.165) is 26.6 Å². The van der Waals surface area contributed by atoms with Gasteiger partial charge in [0.25, 0.3) is 0 Å². The third kappa shape index (κ3) is 3.75. The van der Waals surface area contributed by atoms with Gasteiger partial charge in [-0.25, -0.2) is 4.79 Å². The summed E-state index contributed by atoms with van der Waals surface area (Å²) < 4.78 is 13.2. The van der Waals surface area contributed by atoms with Crippen molar-refractivity contribution in [3.05, 3.63) is 53.6 Å². The summed E-state index contributed by atoms with van der Waals surface area (Å²) in [5.41, 5.74) is 3.09. The third-order valence-electron chi connectivity index (χ3n) is 4.49. The maximum Gasteiger partial charge on any atom is 0.407 e. The van der Waals surface area contributed by atoms with Gasteiger partial charge in [-0.2, -0.15) is 0 Å². The number of hydrogen-bond acceptors (Lipinski definition) is 3. The highest BCUT2D eigenvalue weighted by Crippen LogP contribution is 2.32. The zero-order chi connectivity index (χ0) is 18.0. The van der Waals surface area contributed by atoms with Crippen molar-refractivity contribution in [1.29, 1.82) is 0 Å². The van der Waals surface area contributed by atoms with Gasteiger partial charge in [-0.05, 0) is 32.0 Å². The molecular formula is C19H22N2O3S. The molecule has 1 saturated heterocycles. The minimum atomic E-state index is -1.27. The molecule has 1 fully saturated rings. The van der Waals surface area contributed by atoms with Crippen LogP contribution in [0.4, 0.5) is 10.5 Å². The van der Waals surface area contributed by atoms with Gasteiger partial charge in [-0.15, -0.1) is 0 Å². The summed E-state index contributed by atoms with van der Waals surface area (Å²) in [7, 11) is 0. The fourth-order valence-corrected chi connectivity index (χ4v) is 4.51. The van der Waals surface area contributed by atoms with Gasteiger partial charge in [-0.3, -0.25) is 0 Å². The minimum Gasteiger partial charge on any atom is -0.606 e. The molecule has 0 spiro atoms. The number of aryl methyl sites for hydroxylation is 2. The van der Waals surface area contributed by atoms with E-state index in [0.29, 0.717) is 26.2 Å². The number of anilines is 1. The van der Waals surface area contributed by atoms with Crippen molar-refractivity contribution in [2.24, 2.45) is 0 Å². The maximum atomic E-state index is 13.2. The molecule has 6 heteroatoms. The molecule has 1 N–H and O–H groups in total. The van der Waals surface area contributed by atoms with Gasteiger partial charge < -0.3 is 19.5 Å². The van der Waals surface area contributed by atoms with Crippen LogP contribution in [0.1, 0.15) is 11.1 Å². The summed E-state index contributed by atoms with van der Waals surface area (Å²) in [6.07, 6.45) is -0.883. The molecule has 0 bridgehead atoms. The van der Waals surface area contributed by atoms with Crippen LogP contribution in [0.2, 0.25) is 0 Å². The summed E-state index contributed by atoms with van der Waals surface area (Å²) in [6, 6.07) is 13.6. The number of carboxylic acid groups (broad SMARTS) is 1. The Kier molecular flexibility index (Phi) is 5.20. The van der Waals surface area contributed by atoms with Crippen LogP contribution in [0.3, 0.4) is 0 Å². The summed E-state index contributed by atoms with van der Waals surface area (Å²) >= 11 is -1.27. The lowest BCUT2D eigenvalue weighted by Gasteiger charge is -2.35. The Hall–Kier alpha value is -2.18. The van der Waals surface area contributed by atoms with Gasteiger partial charge in [0.2, 0.25) is 0 Å². The summed E-state index contributed by atoms with van der Waals surface area (Å²) in [6.45, 7) is 6.13. The van der Waals surface area contributed by atoms with Gasteiger partial charge in [0, 0.05) is 42.9 Å². The molecule has 0 saturated carbocycles. The molecule has 0 aromatic heterocycles. The van der Waals surface area contributed by atoms with E-state index in [1.54, 1.807) is 0 Å². The SMILES string of the molecule is Cc1ccc([S+]([O-])c2ccccc2N2CCN(C(=O)O)CC2)c(C)c1.